The zero-order chi connectivity index (χ0) is 13.6. The first-order chi connectivity index (χ1) is 8.42. The molecule has 1 aromatic carbocycles. The second-order valence-electron chi connectivity index (χ2n) is 5.28. The Kier molecular flexibility index (Phi) is 5.31. The fourth-order valence-electron chi connectivity index (χ4n) is 1.46. The maximum Gasteiger partial charge on any atom is 0.251 e. The van der Waals surface area contributed by atoms with E-state index in [2.05, 4.69) is 31.4 Å². The van der Waals surface area contributed by atoms with E-state index in [1.54, 1.807) is 6.07 Å². The molecule has 0 saturated carbocycles. The summed E-state index contributed by atoms with van der Waals surface area (Å²) in [5, 5.41) is 14.7. The molecule has 0 heterocycles. The van der Waals surface area contributed by atoms with Crippen LogP contribution in [-0.2, 0) is 6.54 Å². The lowest BCUT2D eigenvalue weighted by molar-refractivity contribution is 0.0944. The summed E-state index contributed by atoms with van der Waals surface area (Å²) in [5.74, 6) is -0.151. The van der Waals surface area contributed by atoms with E-state index in [4.69, 9.17) is 5.11 Å². The number of hydrogen-bond acceptors (Lipinski definition) is 3. The fourth-order valence-corrected chi connectivity index (χ4v) is 1.46. The molecule has 100 valence electrons. The molecule has 0 aliphatic heterocycles. The van der Waals surface area contributed by atoms with Gasteiger partial charge in [0.15, 0.2) is 0 Å². The summed E-state index contributed by atoms with van der Waals surface area (Å²) in [6.07, 6.45) is 0. The van der Waals surface area contributed by atoms with Crippen molar-refractivity contribution in [3.8, 4) is 0 Å². The Morgan fingerprint density at radius 1 is 1.33 bits per heavy atom. The number of carbonyl (C=O) groups is 1. The standard InChI is InChI=1S/C14H22N2O2/c1-14(2,3)16-10-11-5-4-6-12(9-11)13(18)15-7-8-17/h4-6,9,16-17H,7-8,10H2,1-3H3,(H,15,18). The third-order valence-electron chi connectivity index (χ3n) is 2.41. The molecule has 0 aliphatic carbocycles. The highest BCUT2D eigenvalue weighted by molar-refractivity contribution is 5.94. The van der Waals surface area contributed by atoms with Gasteiger partial charge in [-0.1, -0.05) is 12.1 Å². The number of carbonyl (C=O) groups excluding carboxylic acids is 1. The van der Waals surface area contributed by atoms with Crippen LogP contribution in [-0.4, -0.2) is 29.7 Å². The van der Waals surface area contributed by atoms with Crippen LogP contribution in [0.25, 0.3) is 0 Å². The highest BCUT2D eigenvalue weighted by Gasteiger charge is 2.09. The van der Waals surface area contributed by atoms with E-state index in [1.165, 1.54) is 0 Å². The van der Waals surface area contributed by atoms with Gasteiger partial charge in [0, 0.05) is 24.2 Å². The van der Waals surface area contributed by atoms with Gasteiger partial charge in [-0.05, 0) is 38.5 Å². The van der Waals surface area contributed by atoms with Gasteiger partial charge in [-0.3, -0.25) is 4.79 Å². The van der Waals surface area contributed by atoms with Crippen LogP contribution in [0.2, 0.25) is 0 Å². The van der Waals surface area contributed by atoms with Crippen molar-refractivity contribution >= 4 is 5.91 Å². The normalized spacial score (nSPS) is 11.3. The maximum atomic E-state index is 11.7. The number of rotatable bonds is 5. The molecule has 4 nitrogen and oxygen atoms in total. The van der Waals surface area contributed by atoms with Gasteiger partial charge in [0.25, 0.3) is 5.91 Å². The Labute approximate surface area is 108 Å². The zero-order valence-corrected chi connectivity index (χ0v) is 11.3. The molecule has 1 rings (SSSR count). The van der Waals surface area contributed by atoms with Gasteiger partial charge < -0.3 is 15.7 Å². The minimum absolute atomic E-state index is 0.0446. The molecule has 4 heteroatoms. The Hall–Kier alpha value is -1.39. The Morgan fingerprint density at radius 2 is 2.06 bits per heavy atom. The molecular weight excluding hydrogens is 228 g/mol. The van der Waals surface area contributed by atoms with Crippen molar-refractivity contribution in [2.45, 2.75) is 32.9 Å². The van der Waals surface area contributed by atoms with Crippen molar-refractivity contribution in [3.05, 3.63) is 35.4 Å². The summed E-state index contributed by atoms with van der Waals surface area (Å²) >= 11 is 0. The number of amides is 1. The molecule has 0 fully saturated rings. The smallest absolute Gasteiger partial charge is 0.251 e. The molecule has 0 aliphatic rings. The van der Waals surface area contributed by atoms with Crippen LogP contribution in [0, 0.1) is 0 Å². The van der Waals surface area contributed by atoms with Gasteiger partial charge in [0.1, 0.15) is 0 Å². The van der Waals surface area contributed by atoms with Crippen molar-refractivity contribution in [3.63, 3.8) is 0 Å². The van der Waals surface area contributed by atoms with E-state index in [9.17, 15) is 4.79 Å². The van der Waals surface area contributed by atoms with Crippen LogP contribution in [0.15, 0.2) is 24.3 Å². The lowest BCUT2D eigenvalue weighted by Crippen LogP contribution is -2.35. The summed E-state index contributed by atoms with van der Waals surface area (Å²) < 4.78 is 0. The quantitative estimate of drug-likeness (QED) is 0.738. The van der Waals surface area contributed by atoms with Crippen molar-refractivity contribution in [1.29, 1.82) is 0 Å². The maximum absolute atomic E-state index is 11.7. The molecule has 3 N–H and O–H groups in total. The Bertz CT molecular complexity index is 397. The zero-order valence-electron chi connectivity index (χ0n) is 11.3. The molecule has 0 unspecified atom stereocenters. The molecule has 1 aromatic rings. The highest BCUT2D eigenvalue weighted by Crippen LogP contribution is 2.07. The lowest BCUT2D eigenvalue weighted by Gasteiger charge is -2.20. The Morgan fingerprint density at radius 3 is 2.67 bits per heavy atom. The first-order valence-corrected chi connectivity index (χ1v) is 6.15. The van der Waals surface area contributed by atoms with Gasteiger partial charge in [-0.25, -0.2) is 0 Å². The molecule has 0 bridgehead atoms. The van der Waals surface area contributed by atoms with Crippen LogP contribution < -0.4 is 10.6 Å². The number of aliphatic hydroxyl groups excluding tert-OH is 1. The van der Waals surface area contributed by atoms with Crippen molar-refractivity contribution < 1.29 is 9.90 Å². The molecule has 0 radical (unpaired) electrons. The summed E-state index contributed by atoms with van der Waals surface area (Å²) in [4.78, 5) is 11.7. The topological polar surface area (TPSA) is 61.4 Å². The third-order valence-corrected chi connectivity index (χ3v) is 2.41. The van der Waals surface area contributed by atoms with E-state index in [1.807, 2.05) is 18.2 Å². The lowest BCUT2D eigenvalue weighted by atomic mass is 10.1. The van der Waals surface area contributed by atoms with Gasteiger partial charge >= 0.3 is 0 Å². The number of benzene rings is 1. The van der Waals surface area contributed by atoms with E-state index >= 15 is 0 Å². The minimum Gasteiger partial charge on any atom is -0.395 e. The molecule has 1 amide bonds. The second kappa shape index (κ2) is 6.52. The minimum atomic E-state index is -0.151. The summed E-state index contributed by atoms with van der Waals surface area (Å²) in [6.45, 7) is 7.27. The van der Waals surface area contributed by atoms with Crippen LogP contribution in [0.1, 0.15) is 36.7 Å². The summed E-state index contributed by atoms with van der Waals surface area (Å²) in [5.41, 5.74) is 1.74. The fraction of sp³-hybridized carbons (Fsp3) is 0.500. The molecular formula is C14H22N2O2. The van der Waals surface area contributed by atoms with E-state index in [0.29, 0.717) is 5.56 Å². The largest absolute Gasteiger partial charge is 0.395 e. The van der Waals surface area contributed by atoms with Crippen LogP contribution >= 0.6 is 0 Å². The van der Waals surface area contributed by atoms with Crippen LogP contribution in [0.3, 0.4) is 0 Å². The summed E-state index contributed by atoms with van der Waals surface area (Å²) in [6, 6.07) is 7.49. The first-order valence-electron chi connectivity index (χ1n) is 6.15. The molecule has 0 saturated heterocycles. The monoisotopic (exact) mass is 250 g/mol. The van der Waals surface area contributed by atoms with Crippen molar-refractivity contribution in [2.24, 2.45) is 0 Å². The van der Waals surface area contributed by atoms with Gasteiger partial charge in [-0.15, -0.1) is 0 Å². The first kappa shape index (κ1) is 14.7. The van der Waals surface area contributed by atoms with Crippen LogP contribution in [0.5, 0.6) is 0 Å². The van der Waals surface area contributed by atoms with E-state index < -0.39 is 0 Å². The van der Waals surface area contributed by atoms with Gasteiger partial charge in [-0.2, -0.15) is 0 Å². The predicted molar refractivity (Wildman–Crippen MR) is 72.5 cm³/mol. The predicted octanol–water partition coefficient (Wildman–Crippen LogP) is 1.30. The Balaban J connectivity index is 2.64. The van der Waals surface area contributed by atoms with Crippen molar-refractivity contribution in [1.82, 2.24) is 10.6 Å². The van der Waals surface area contributed by atoms with Gasteiger partial charge in [0.05, 0.1) is 6.61 Å². The average molecular weight is 250 g/mol. The SMILES string of the molecule is CC(C)(C)NCc1cccc(C(=O)NCCO)c1. The number of nitrogens with one attached hydrogen (secondary N) is 2. The number of aliphatic hydroxyl groups is 1. The average Bonchev–Trinajstić information content (AvgIpc) is 2.33. The van der Waals surface area contributed by atoms with E-state index in [-0.39, 0.29) is 24.6 Å². The second-order valence-corrected chi connectivity index (χ2v) is 5.28. The van der Waals surface area contributed by atoms with Crippen molar-refractivity contribution in [2.75, 3.05) is 13.2 Å². The highest BCUT2D eigenvalue weighted by atomic mass is 16.3. The molecule has 18 heavy (non-hydrogen) atoms. The molecule has 0 aromatic heterocycles. The van der Waals surface area contributed by atoms with Gasteiger partial charge in [0.2, 0.25) is 0 Å². The van der Waals surface area contributed by atoms with Crippen LogP contribution in [0.4, 0.5) is 0 Å². The molecule has 0 atom stereocenters. The third kappa shape index (κ3) is 5.29. The number of hydrogen-bond donors (Lipinski definition) is 3. The summed E-state index contributed by atoms with van der Waals surface area (Å²) in [7, 11) is 0. The molecule has 0 spiro atoms. The van der Waals surface area contributed by atoms with E-state index in [0.717, 1.165) is 12.1 Å².